The minimum atomic E-state index is 0.714. The second-order valence-corrected chi connectivity index (χ2v) is 7.24. The molecule has 0 unspecified atom stereocenters. The fraction of sp³-hybridized carbons (Fsp3) is 0.412. The Morgan fingerprint density at radius 3 is 2.86 bits per heavy atom. The zero-order chi connectivity index (χ0) is 14.7. The standard InChI is InChI=1S/C17H21BrN2S/c1-2-19-10-14-9-15(18)3-6-17(14)20(16-4-5-16)11-13-7-8-21-12-13/h3,6-9,12,16,19H,2,4-5,10-11H2,1H3. The third kappa shape index (κ3) is 3.87. The zero-order valence-corrected chi connectivity index (χ0v) is 14.7. The minimum Gasteiger partial charge on any atom is -0.364 e. The van der Waals surface area contributed by atoms with E-state index in [1.165, 1.54) is 29.7 Å². The highest BCUT2D eigenvalue weighted by Gasteiger charge is 2.30. The molecular weight excluding hydrogens is 344 g/mol. The van der Waals surface area contributed by atoms with Crippen LogP contribution in [0.1, 0.15) is 30.9 Å². The van der Waals surface area contributed by atoms with Crippen molar-refractivity contribution < 1.29 is 0 Å². The van der Waals surface area contributed by atoms with Gasteiger partial charge in [-0.2, -0.15) is 11.3 Å². The van der Waals surface area contributed by atoms with Crippen molar-refractivity contribution >= 4 is 33.0 Å². The lowest BCUT2D eigenvalue weighted by Crippen LogP contribution is -2.27. The SMILES string of the molecule is CCNCc1cc(Br)ccc1N(Cc1ccsc1)C1CC1. The van der Waals surface area contributed by atoms with Crippen LogP contribution in [0, 0.1) is 0 Å². The first-order valence-corrected chi connectivity index (χ1v) is 9.28. The summed E-state index contributed by atoms with van der Waals surface area (Å²) < 4.78 is 1.16. The van der Waals surface area contributed by atoms with Gasteiger partial charge in [0.2, 0.25) is 0 Å². The van der Waals surface area contributed by atoms with Gasteiger partial charge in [-0.1, -0.05) is 22.9 Å². The van der Waals surface area contributed by atoms with Crippen molar-refractivity contribution in [2.75, 3.05) is 11.4 Å². The van der Waals surface area contributed by atoms with Gasteiger partial charge in [-0.05, 0) is 65.5 Å². The summed E-state index contributed by atoms with van der Waals surface area (Å²) in [5, 5.41) is 7.89. The summed E-state index contributed by atoms with van der Waals surface area (Å²) in [5.41, 5.74) is 4.19. The Morgan fingerprint density at radius 1 is 1.33 bits per heavy atom. The third-order valence-corrected chi connectivity index (χ3v) is 5.06. The first-order chi connectivity index (χ1) is 10.3. The summed E-state index contributed by atoms with van der Waals surface area (Å²) in [6.07, 6.45) is 2.64. The van der Waals surface area contributed by atoms with Gasteiger partial charge in [-0.15, -0.1) is 0 Å². The van der Waals surface area contributed by atoms with Crippen LogP contribution in [0.3, 0.4) is 0 Å². The van der Waals surface area contributed by atoms with Crippen molar-refractivity contribution in [3.05, 3.63) is 50.6 Å². The maximum atomic E-state index is 3.61. The molecule has 0 aliphatic heterocycles. The van der Waals surface area contributed by atoms with E-state index < -0.39 is 0 Å². The molecule has 1 aromatic carbocycles. The van der Waals surface area contributed by atoms with Gasteiger partial charge in [0.25, 0.3) is 0 Å². The van der Waals surface area contributed by atoms with Crippen LogP contribution in [0.25, 0.3) is 0 Å². The molecule has 21 heavy (non-hydrogen) atoms. The molecule has 2 nitrogen and oxygen atoms in total. The largest absolute Gasteiger partial charge is 0.364 e. The molecular formula is C17H21BrN2S. The lowest BCUT2D eigenvalue weighted by Gasteiger charge is -2.27. The molecule has 3 rings (SSSR count). The van der Waals surface area contributed by atoms with Crippen molar-refractivity contribution in [3.8, 4) is 0 Å². The number of halogens is 1. The lowest BCUT2D eigenvalue weighted by atomic mass is 10.1. The molecule has 1 heterocycles. The van der Waals surface area contributed by atoms with Gasteiger partial charge in [-0.3, -0.25) is 0 Å². The van der Waals surface area contributed by atoms with Crippen molar-refractivity contribution in [1.82, 2.24) is 5.32 Å². The van der Waals surface area contributed by atoms with E-state index in [0.717, 1.165) is 24.1 Å². The molecule has 0 bridgehead atoms. The Labute approximate surface area is 139 Å². The quantitative estimate of drug-likeness (QED) is 0.759. The van der Waals surface area contributed by atoms with Gasteiger partial charge in [0.15, 0.2) is 0 Å². The van der Waals surface area contributed by atoms with Crippen LogP contribution in [0.4, 0.5) is 5.69 Å². The van der Waals surface area contributed by atoms with E-state index in [1.807, 2.05) is 0 Å². The van der Waals surface area contributed by atoms with Crippen LogP contribution >= 0.6 is 27.3 Å². The fourth-order valence-electron chi connectivity index (χ4n) is 2.61. The third-order valence-electron chi connectivity index (χ3n) is 3.84. The van der Waals surface area contributed by atoms with Gasteiger partial charge in [0.1, 0.15) is 0 Å². The van der Waals surface area contributed by atoms with Gasteiger partial charge in [-0.25, -0.2) is 0 Å². The number of nitrogens with one attached hydrogen (secondary N) is 1. The lowest BCUT2D eigenvalue weighted by molar-refractivity contribution is 0.714. The zero-order valence-electron chi connectivity index (χ0n) is 12.3. The molecule has 0 radical (unpaired) electrons. The first-order valence-electron chi connectivity index (χ1n) is 7.54. The Hall–Kier alpha value is -0.840. The number of anilines is 1. The average Bonchev–Trinajstić information content (AvgIpc) is 3.20. The van der Waals surface area contributed by atoms with E-state index in [9.17, 15) is 0 Å². The number of benzene rings is 1. The topological polar surface area (TPSA) is 15.3 Å². The van der Waals surface area contributed by atoms with E-state index in [1.54, 1.807) is 11.3 Å². The van der Waals surface area contributed by atoms with Crippen LogP contribution in [0.2, 0.25) is 0 Å². The van der Waals surface area contributed by atoms with Crippen LogP contribution in [-0.2, 0) is 13.1 Å². The van der Waals surface area contributed by atoms with Gasteiger partial charge in [0, 0.05) is 29.3 Å². The maximum Gasteiger partial charge on any atom is 0.0440 e. The molecule has 1 N–H and O–H groups in total. The number of hydrogen-bond donors (Lipinski definition) is 1. The molecule has 0 saturated heterocycles. The second kappa shape index (κ2) is 6.95. The van der Waals surface area contributed by atoms with Gasteiger partial charge < -0.3 is 10.2 Å². The van der Waals surface area contributed by atoms with Crippen molar-refractivity contribution in [2.24, 2.45) is 0 Å². The predicted octanol–water partition coefficient (Wildman–Crippen LogP) is 4.79. The molecule has 0 spiro atoms. The Balaban J connectivity index is 1.87. The van der Waals surface area contributed by atoms with Crippen molar-refractivity contribution in [1.29, 1.82) is 0 Å². The highest BCUT2D eigenvalue weighted by atomic mass is 79.9. The van der Waals surface area contributed by atoms with Crippen molar-refractivity contribution in [2.45, 2.75) is 38.9 Å². The summed E-state index contributed by atoms with van der Waals surface area (Å²) >= 11 is 5.39. The fourth-order valence-corrected chi connectivity index (χ4v) is 3.68. The Bertz CT molecular complexity index is 578. The van der Waals surface area contributed by atoms with E-state index in [-0.39, 0.29) is 0 Å². The van der Waals surface area contributed by atoms with E-state index >= 15 is 0 Å². The molecule has 1 fully saturated rings. The van der Waals surface area contributed by atoms with E-state index in [0.29, 0.717) is 6.04 Å². The highest BCUT2D eigenvalue weighted by molar-refractivity contribution is 9.10. The van der Waals surface area contributed by atoms with Gasteiger partial charge >= 0.3 is 0 Å². The van der Waals surface area contributed by atoms with Crippen LogP contribution in [-0.4, -0.2) is 12.6 Å². The number of rotatable bonds is 7. The van der Waals surface area contributed by atoms with Gasteiger partial charge in [0.05, 0.1) is 0 Å². The summed E-state index contributed by atoms with van der Waals surface area (Å²) in [7, 11) is 0. The molecule has 1 aromatic heterocycles. The molecule has 0 atom stereocenters. The Kier molecular flexibility index (Phi) is 4.99. The van der Waals surface area contributed by atoms with Crippen molar-refractivity contribution in [3.63, 3.8) is 0 Å². The molecule has 112 valence electrons. The van der Waals surface area contributed by atoms with E-state index in [4.69, 9.17) is 0 Å². The predicted molar refractivity (Wildman–Crippen MR) is 95.0 cm³/mol. The number of hydrogen-bond acceptors (Lipinski definition) is 3. The smallest absolute Gasteiger partial charge is 0.0440 e. The Morgan fingerprint density at radius 2 is 2.19 bits per heavy atom. The second-order valence-electron chi connectivity index (χ2n) is 5.54. The number of nitrogens with zero attached hydrogens (tertiary/aromatic N) is 1. The molecule has 4 heteroatoms. The minimum absolute atomic E-state index is 0.714. The van der Waals surface area contributed by atoms with Crippen LogP contribution < -0.4 is 10.2 Å². The normalized spacial score (nSPS) is 14.4. The average molecular weight is 365 g/mol. The van der Waals surface area contributed by atoms with Crippen LogP contribution in [0.15, 0.2) is 39.5 Å². The number of thiophene rings is 1. The summed E-state index contributed by atoms with van der Waals surface area (Å²) in [6, 6.07) is 9.63. The first kappa shape index (κ1) is 15.1. The molecule has 0 amide bonds. The monoisotopic (exact) mass is 364 g/mol. The molecule has 2 aromatic rings. The summed E-state index contributed by atoms with van der Waals surface area (Å²) in [4.78, 5) is 2.58. The molecule has 1 aliphatic carbocycles. The summed E-state index contributed by atoms with van der Waals surface area (Å²) in [6.45, 7) is 5.11. The summed E-state index contributed by atoms with van der Waals surface area (Å²) in [5.74, 6) is 0. The molecule has 1 aliphatic rings. The highest BCUT2D eigenvalue weighted by Crippen LogP contribution is 2.36. The molecule has 1 saturated carbocycles. The van der Waals surface area contributed by atoms with Crippen LogP contribution in [0.5, 0.6) is 0 Å². The maximum absolute atomic E-state index is 3.61. The van der Waals surface area contributed by atoms with E-state index in [2.05, 4.69) is 68.1 Å².